The van der Waals surface area contributed by atoms with Gasteiger partial charge in [-0.25, -0.2) is 0 Å². The summed E-state index contributed by atoms with van der Waals surface area (Å²) in [5, 5.41) is 8.97. The molecule has 0 radical (unpaired) electrons. The molecule has 0 spiro atoms. The SMILES string of the molecule is CC1=CSC(C)(NC(C)C)N1. The van der Waals surface area contributed by atoms with E-state index in [0.717, 1.165) is 0 Å². The minimum Gasteiger partial charge on any atom is -0.362 e. The van der Waals surface area contributed by atoms with Crippen LogP contribution >= 0.6 is 11.8 Å². The highest BCUT2D eigenvalue weighted by atomic mass is 32.2. The molecule has 2 N–H and O–H groups in total. The van der Waals surface area contributed by atoms with E-state index in [4.69, 9.17) is 0 Å². The molecular weight excluding hydrogens is 156 g/mol. The van der Waals surface area contributed by atoms with Crippen LogP contribution in [0, 0.1) is 0 Å². The molecule has 0 saturated carbocycles. The van der Waals surface area contributed by atoms with Gasteiger partial charge in [0, 0.05) is 11.7 Å². The fourth-order valence-electron chi connectivity index (χ4n) is 1.26. The van der Waals surface area contributed by atoms with Gasteiger partial charge in [0.15, 0.2) is 0 Å². The summed E-state index contributed by atoms with van der Waals surface area (Å²) in [6, 6.07) is 0.513. The summed E-state index contributed by atoms with van der Waals surface area (Å²) >= 11 is 1.80. The fourth-order valence-corrected chi connectivity index (χ4v) is 2.26. The molecule has 0 aromatic heterocycles. The molecule has 0 aromatic rings. The highest BCUT2D eigenvalue weighted by molar-refractivity contribution is 8.03. The molecule has 0 bridgehead atoms. The second kappa shape index (κ2) is 3.07. The summed E-state index contributed by atoms with van der Waals surface area (Å²) in [6.45, 7) is 8.55. The minimum absolute atomic E-state index is 0.0122. The van der Waals surface area contributed by atoms with Crippen molar-refractivity contribution in [2.75, 3.05) is 0 Å². The third-order valence-electron chi connectivity index (χ3n) is 1.47. The van der Waals surface area contributed by atoms with E-state index >= 15 is 0 Å². The molecule has 11 heavy (non-hydrogen) atoms. The van der Waals surface area contributed by atoms with Crippen LogP contribution in [0.25, 0.3) is 0 Å². The average molecular weight is 172 g/mol. The van der Waals surface area contributed by atoms with Crippen molar-refractivity contribution in [2.24, 2.45) is 0 Å². The average Bonchev–Trinajstić information content (AvgIpc) is 2.08. The molecule has 1 heterocycles. The molecule has 0 aromatic carbocycles. The molecule has 0 aliphatic carbocycles. The van der Waals surface area contributed by atoms with Crippen LogP contribution in [0.15, 0.2) is 11.1 Å². The summed E-state index contributed by atoms with van der Waals surface area (Å²) in [5.74, 6) is 0. The monoisotopic (exact) mass is 172 g/mol. The number of hydrogen-bond acceptors (Lipinski definition) is 3. The van der Waals surface area contributed by atoms with Gasteiger partial charge in [-0.1, -0.05) is 11.8 Å². The van der Waals surface area contributed by atoms with Crippen LogP contribution in [0.3, 0.4) is 0 Å². The highest BCUT2D eigenvalue weighted by Gasteiger charge is 2.28. The lowest BCUT2D eigenvalue weighted by molar-refractivity contribution is 0.414. The summed E-state index contributed by atoms with van der Waals surface area (Å²) in [4.78, 5) is 0.0122. The molecule has 1 atom stereocenters. The zero-order valence-corrected chi connectivity index (χ0v) is 8.38. The lowest BCUT2D eigenvalue weighted by Crippen LogP contribution is -2.51. The Morgan fingerprint density at radius 3 is 2.64 bits per heavy atom. The number of nitrogens with one attached hydrogen (secondary N) is 2. The molecule has 0 amide bonds. The van der Waals surface area contributed by atoms with E-state index in [0.29, 0.717) is 6.04 Å². The first-order valence-electron chi connectivity index (χ1n) is 3.92. The number of rotatable bonds is 2. The second-order valence-corrected chi connectivity index (χ2v) is 4.66. The Bertz CT molecular complexity index is 177. The van der Waals surface area contributed by atoms with E-state index in [1.807, 2.05) is 0 Å². The van der Waals surface area contributed by atoms with Crippen LogP contribution in [0.4, 0.5) is 0 Å². The van der Waals surface area contributed by atoms with E-state index in [1.165, 1.54) is 5.70 Å². The summed E-state index contributed by atoms with van der Waals surface area (Å²) in [7, 11) is 0. The molecule has 64 valence electrons. The Morgan fingerprint density at radius 1 is 1.64 bits per heavy atom. The molecule has 1 aliphatic heterocycles. The van der Waals surface area contributed by atoms with Crippen molar-refractivity contribution in [3.8, 4) is 0 Å². The van der Waals surface area contributed by atoms with Gasteiger partial charge < -0.3 is 5.32 Å². The molecule has 1 rings (SSSR count). The van der Waals surface area contributed by atoms with Gasteiger partial charge in [-0.15, -0.1) is 0 Å². The lowest BCUT2D eigenvalue weighted by Gasteiger charge is -2.28. The van der Waals surface area contributed by atoms with E-state index < -0.39 is 0 Å². The first kappa shape index (κ1) is 8.94. The normalized spacial score (nSPS) is 30.5. The van der Waals surface area contributed by atoms with E-state index in [-0.39, 0.29) is 4.99 Å². The van der Waals surface area contributed by atoms with Crippen LogP contribution in [0.1, 0.15) is 27.7 Å². The van der Waals surface area contributed by atoms with Crippen molar-refractivity contribution in [2.45, 2.75) is 38.7 Å². The number of allylic oxidation sites excluding steroid dienone is 1. The lowest BCUT2D eigenvalue weighted by atomic mass is 10.3. The summed E-state index contributed by atoms with van der Waals surface area (Å²) in [6.07, 6.45) is 0. The molecular formula is C8H16N2S. The predicted molar refractivity (Wildman–Crippen MR) is 51.2 cm³/mol. The fraction of sp³-hybridized carbons (Fsp3) is 0.750. The topological polar surface area (TPSA) is 24.1 Å². The Kier molecular flexibility index (Phi) is 2.50. The van der Waals surface area contributed by atoms with Gasteiger partial charge in [-0.05, 0) is 33.1 Å². The van der Waals surface area contributed by atoms with Gasteiger partial charge in [0.2, 0.25) is 0 Å². The minimum atomic E-state index is 0.0122. The quantitative estimate of drug-likeness (QED) is 0.665. The summed E-state index contributed by atoms with van der Waals surface area (Å²) < 4.78 is 0. The second-order valence-electron chi connectivity index (χ2n) is 3.38. The zero-order chi connectivity index (χ0) is 8.48. The molecule has 0 fully saturated rings. The maximum absolute atomic E-state index is 3.45. The predicted octanol–water partition coefficient (Wildman–Crippen LogP) is 1.86. The standard InChI is InChI=1S/C8H16N2S/c1-6(2)9-8(4)10-7(3)5-11-8/h5-6,9-10H,1-4H3. The van der Waals surface area contributed by atoms with Gasteiger partial charge in [0.05, 0.1) is 0 Å². The largest absolute Gasteiger partial charge is 0.362 e. The van der Waals surface area contributed by atoms with Crippen molar-refractivity contribution in [3.63, 3.8) is 0 Å². The van der Waals surface area contributed by atoms with Crippen molar-refractivity contribution in [1.82, 2.24) is 10.6 Å². The van der Waals surface area contributed by atoms with Crippen LogP contribution in [0.5, 0.6) is 0 Å². The summed E-state index contributed by atoms with van der Waals surface area (Å²) in [5.41, 5.74) is 1.24. The van der Waals surface area contributed by atoms with Crippen LogP contribution in [-0.4, -0.2) is 11.0 Å². The maximum atomic E-state index is 3.45. The van der Waals surface area contributed by atoms with Gasteiger partial charge in [-0.3, -0.25) is 5.32 Å². The van der Waals surface area contributed by atoms with Crippen molar-refractivity contribution in [3.05, 3.63) is 11.1 Å². The van der Waals surface area contributed by atoms with Crippen LogP contribution < -0.4 is 10.6 Å². The van der Waals surface area contributed by atoms with Crippen molar-refractivity contribution < 1.29 is 0 Å². The van der Waals surface area contributed by atoms with Crippen LogP contribution in [0.2, 0.25) is 0 Å². The Hall–Kier alpha value is -0.150. The third-order valence-corrected chi connectivity index (χ3v) is 2.63. The van der Waals surface area contributed by atoms with Crippen LogP contribution in [-0.2, 0) is 0 Å². The van der Waals surface area contributed by atoms with Crippen molar-refractivity contribution >= 4 is 11.8 Å². The maximum Gasteiger partial charge on any atom is 0.138 e. The van der Waals surface area contributed by atoms with Gasteiger partial charge in [-0.2, -0.15) is 0 Å². The molecule has 3 heteroatoms. The van der Waals surface area contributed by atoms with Gasteiger partial charge >= 0.3 is 0 Å². The first-order chi connectivity index (χ1) is 5.02. The Morgan fingerprint density at radius 2 is 2.27 bits per heavy atom. The zero-order valence-electron chi connectivity index (χ0n) is 7.56. The third kappa shape index (κ3) is 2.42. The molecule has 0 saturated heterocycles. The first-order valence-corrected chi connectivity index (χ1v) is 4.80. The highest BCUT2D eigenvalue weighted by Crippen LogP contribution is 2.28. The van der Waals surface area contributed by atoms with E-state index in [9.17, 15) is 0 Å². The Labute approximate surface area is 72.8 Å². The molecule has 1 unspecified atom stereocenters. The Balaban J connectivity index is 2.46. The van der Waals surface area contributed by atoms with E-state index in [2.05, 4.69) is 43.7 Å². The van der Waals surface area contributed by atoms with Crippen molar-refractivity contribution in [1.29, 1.82) is 0 Å². The molecule has 2 nitrogen and oxygen atoms in total. The van der Waals surface area contributed by atoms with E-state index in [1.54, 1.807) is 11.8 Å². The number of thioether (sulfide) groups is 1. The number of hydrogen-bond donors (Lipinski definition) is 2. The van der Waals surface area contributed by atoms with Gasteiger partial charge in [0.25, 0.3) is 0 Å². The molecule has 1 aliphatic rings. The van der Waals surface area contributed by atoms with Gasteiger partial charge in [0.1, 0.15) is 4.99 Å². The smallest absolute Gasteiger partial charge is 0.138 e.